The highest BCUT2D eigenvalue weighted by atomic mass is 16.5. The van der Waals surface area contributed by atoms with Gasteiger partial charge in [0.15, 0.2) is 0 Å². The molecule has 3 N–H and O–H groups in total. The maximum Gasteiger partial charge on any atom is 0.319 e. The number of ether oxygens (including phenoxy) is 1. The first-order chi connectivity index (χ1) is 13.5. The molecule has 0 heterocycles. The molecule has 1 atom stereocenters. The number of urea groups is 1. The summed E-state index contributed by atoms with van der Waals surface area (Å²) in [6.07, 6.45) is 0.745. The Hall–Kier alpha value is -2.86. The fourth-order valence-electron chi connectivity index (χ4n) is 2.62. The van der Waals surface area contributed by atoms with Crippen LogP contribution in [0.1, 0.15) is 49.2 Å². The van der Waals surface area contributed by atoms with E-state index in [-0.39, 0.29) is 24.1 Å². The van der Waals surface area contributed by atoms with Gasteiger partial charge in [0.1, 0.15) is 0 Å². The summed E-state index contributed by atoms with van der Waals surface area (Å²) in [5, 5.41) is 8.35. The molecule has 150 valence electrons. The zero-order chi connectivity index (χ0) is 20.4. The Kier molecular flexibility index (Phi) is 8.49. The molecule has 2 rings (SSSR count). The molecular formula is C22H29N3O3. The van der Waals surface area contributed by atoms with Gasteiger partial charge in [-0.2, -0.15) is 0 Å². The molecule has 1 unspecified atom stereocenters. The van der Waals surface area contributed by atoms with Crippen LogP contribution < -0.4 is 16.0 Å². The van der Waals surface area contributed by atoms with Gasteiger partial charge >= 0.3 is 6.03 Å². The van der Waals surface area contributed by atoms with Crippen LogP contribution in [-0.2, 0) is 4.74 Å². The number of anilines is 1. The maximum atomic E-state index is 12.3. The largest absolute Gasteiger partial charge is 0.374 e. The van der Waals surface area contributed by atoms with Gasteiger partial charge in [0, 0.05) is 30.4 Å². The van der Waals surface area contributed by atoms with Crippen LogP contribution in [0.5, 0.6) is 0 Å². The second-order valence-electron chi connectivity index (χ2n) is 6.87. The zero-order valence-corrected chi connectivity index (χ0v) is 16.7. The number of rotatable bonds is 9. The molecule has 0 bridgehead atoms. The number of carbonyl (C=O) groups is 2. The molecule has 0 saturated heterocycles. The summed E-state index contributed by atoms with van der Waals surface area (Å²) in [4.78, 5) is 24.1. The van der Waals surface area contributed by atoms with Gasteiger partial charge in [-0.05, 0) is 51.0 Å². The lowest BCUT2D eigenvalue weighted by Crippen LogP contribution is -2.34. The fraction of sp³-hybridized carbons (Fsp3) is 0.364. The average molecular weight is 383 g/mol. The fourth-order valence-corrected chi connectivity index (χ4v) is 2.62. The molecule has 2 aromatic rings. The first-order valence-electron chi connectivity index (χ1n) is 9.58. The number of carbonyl (C=O) groups excluding carboxylic acids is 2. The van der Waals surface area contributed by atoms with E-state index in [0.29, 0.717) is 24.4 Å². The molecule has 0 spiro atoms. The number of hydrogen-bond acceptors (Lipinski definition) is 3. The van der Waals surface area contributed by atoms with Gasteiger partial charge in [0.25, 0.3) is 5.91 Å². The van der Waals surface area contributed by atoms with Crippen molar-refractivity contribution in [3.05, 3.63) is 65.7 Å². The van der Waals surface area contributed by atoms with E-state index < -0.39 is 0 Å². The first-order valence-corrected chi connectivity index (χ1v) is 9.58. The molecule has 0 fully saturated rings. The number of nitrogens with one attached hydrogen (secondary N) is 3. The van der Waals surface area contributed by atoms with Crippen molar-refractivity contribution >= 4 is 17.6 Å². The van der Waals surface area contributed by atoms with Crippen molar-refractivity contribution in [1.82, 2.24) is 10.6 Å². The molecule has 2 aromatic carbocycles. The highest BCUT2D eigenvalue weighted by molar-refractivity contribution is 5.96. The third-order valence-electron chi connectivity index (χ3n) is 4.05. The Bertz CT molecular complexity index is 763. The summed E-state index contributed by atoms with van der Waals surface area (Å²) < 4.78 is 5.80. The Labute approximate surface area is 166 Å². The molecule has 0 aliphatic rings. The van der Waals surface area contributed by atoms with E-state index in [2.05, 4.69) is 16.0 Å². The van der Waals surface area contributed by atoms with E-state index in [4.69, 9.17) is 4.74 Å². The third kappa shape index (κ3) is 7.40. The van der Waals surface area contributed by atoms with E-state index >= 15 is 0 Å². The van der Waals surface area contributed by atoms with Gasteiger partial charge in [-0.1, -0.05) is 36.4 Å². The Morgan fingerprint density at radius 3 is 2.46 bits per heavy atom. The minimum absolute atomic E-state index is 0.0247. The van der Waals surface area contributed by atoms with Gasteiger partial charge < -0.3 is 20.7 Å². The molecule has 0 aliphatic heterocycles. The lowest BCUT2D eigenvalue weighted by atomic mass is 10.1. The molecule has 3 amide bonds. The molecule has 0 saturated carbocycles. The standard InChI is InChI=1S/C22H29N3O3/c1-16(2)24-22(27)25-20-12-7-11-19(15-20)21(26)23-13-8-14-28-17(3)18-9-5-4-6-10-18/h4-7,9-12,15-17H,8,13-14H2,1-3H3,(H,23,26)(H2,24,25,27). The summed E-state index contributed by atoms with van der Waals surface area (Å²) in [5.41, 5.74) is 2.21. The van der Waals surface area contributed by atoms with Crippen LogP contribution in [0.2, 0.25) is 0 Å². The predicted octanol–water partition coefficient (Wildman–Crippen LogP) is 4.11. The SMILES string of the molecule is CC(C)NC(=O)Nc1cccc(C(=O)NCCCOC(C)c2ccccc2)c1. The highest BCUT2D eigenvalue weighted by Gasteiger charge is 2.09. The van der Waals surface area contributed by atoms with Gasteiger partial charge in [-0.15, -0.1) is 0 Å². The summed E-state index contributed by atoms with van der Waals surface area (Å²) in [6, 6.07) is 16.6. The second kappa shape index (κ2) is 11.1. The van der Waals surface area contributed by atoms with E-state index in [1.165, 1.54) is 0 Å². The van der Waals surface area contributed by atoms with E-state index in [9.17, 15) is 9.59 Å². The molecule has 0 aliphatic carbocycles. The average Bonchev–Trinajstić information content (AvgIpc) is 2.67. The zero-order valence-electron chi connectivity index (χ0n) is 16.7. The first kappa shape index (κ1) is 21.4. The van der Waals surface area contributed by atoms with Crippen LogP contribution in [0.15, 0.2) is 54.6 Å². The third-order valence-corrected chi connectivity index (χ3v) is 4.05. The monoisotopic (exact) mass is 383 g/mol. The Morgan fingerprint density at radius 2 is 1.75 bits per heavy atom. The van der Waals surface area contributed by atoms with Crippen LogP contribution in [0.3, 0.4) is 0 Å². The molecular weight excluding hydrogens is 354 g/mol. The van der Waals surface area contributed by atoms with Crippen molar-refractivity contribution < 1.29 is 14.3 Å². The molecule has 0 radical (unpaired) electrons. The molecule has 6 nitrogen and oxygen atoms in total. The summed E-state index contributed by atoms with van der Waals surface area (Å²) in [7, 11) is 0. The number of hydrogen-bond donors (Lipinski definition) is 3. The van der Waals surface area contributed by atoms with Gasteiger partial charge in [0.2, 0.25) is 0 Å². The van der Waals surface area contributed by atoms with E-state index in [1.807, 2.05) is 51.1 Å². The lowest BCUT2D eigenvalue weighted by Gasteiger charge is -2.13. The van der Waals surface area contributed by atoms with Crippen molar-refractivity contribution in [3.63, 3.8) is 0 Å². The van der Waals surface area contributed by atoms with Crippen LogP contribution in [0, 0.1) is 0 Å². The second-order valence-corrected chi connectivity index (χ2v) is 6.87. The minimum Gasteiger partial charge on any atom is -0.374 e. The minimum atomic E-state index is -0.294. The van der Waals surface area contributed by atoms with Crippen LogP contribution in [0.25, 0.3) is 0 Å². The van der Waals surface area contributed by atoms with Crippen LogP contribution in [-0.4, -0.2) is 31.1 Å². The smallest absolute Gasteiger partial charge is 0.319 e. The van der Waals surface area contributed by atoms with Gasteiger partial charge in [-0.25, -0.2) is 4.79 Å². The Balaban J connectivity index is 1.72. The van der Waals surface area contributed by atoms with Crippen molar-refractivity contribution in [2.75, 3.05) is 18.5 Å². The van der Waals surface area contributed by atoms with Crippen LogP contribution in [0.4, 0.5) is 10.5 Å². The van der Waals surface area contributed by atoms with Crippen molar-refractivity contribution in [3.8, 4) is 0 Å². The lowest BCUT2D eigenvalue weighted by molar-refractivity contribution is 0.0635. The van der Waals surface area contributed by atoms with E-state index in [0.717, 1.165) is 12.0 Å². The normalized spacial score (nSPS) is 11.7. The van der Waals surface area contributed by atoms with Crippen LogP contribution >= 0.6 is 0 Å². The number of amides is 3. The molecule has 6 heteroatoms. The quantitative estimate of drug-likeness (QED) is 0.570. The van der Waals surface area contributed by atoms with Crippen molar-refractivity contribution in [1.29, 1.82) is 0 Å². The molecule has 28 heavy (non-hydrogen) atoms. The van der Waals surface area contributed by atoms with Crippen molar-refractivity contribution in [2.24, 2.45) is 0 Å². The Morgan fingerprint density at radius 1 is 1.00 bits per heavy atom. The summed E-state index contributed by atoms with van der Waals surface area (Å²) in [6.45, 7) is 6.86. The molecule has 0 aromatic heterocycles. The predicted molar refractivity (Wildman–Crippen MR) is 111 cm³/mol. The summed E-state index contributed by atoms with van der Waals surface area (Å²) in [5.74, 6) is -0.177. The van der Waals surface area contributed by atoms with Gasteiger partial charge in [0.05, 0.1) is 6.10 Å². The topological polar surface area (TPSA) is 79.5 Å². The number of benzene rings is 2. The van der Waals surface area contributed by atoms with E-state index in [1.54, 1.807) is 24.3 Å². The maximum absolute atomic E-state index is 12.3. The summed E-state index contributed by atoms with van der Waals surface area (Å²) >= 11 is 0. The van der Waals surface area contributed by atoms with Crippen molar-refractivity contribution in [2.45, 2.75) is 39.3 Å². The highest BCUT2D eigenvalue weighted by Crippen LogP contribution is 2.15. The van der Waals surface area contributed by atoms with Gasteiger partial charge in [-0.3, -0.25) is 4.79 Å².